The number of amides is 3. The Morgan fingerprint density at radius 1 is 1.19 bits per heavy atom. The van der Waals surface area contributed by atoms with Gasteiger partial charge in [-0.15, -0.1) is 0 Å². The average molecular weight is 352 g/mol. The molecule has 1 aliphatic rings. The van der Waals surface area contributed by atoms with E-state index in [1.807, 2.05) is 43.5 Å². The molecule has 1 saturated heterocycles. The van der Waals surface area contributed by atoms with Gasteiger partial charge < -0.3 is 4.90 Å². The molecule has 2 aromatic rings. The average Bonchev–Trinajstić information content (AvgIpc) is 3.01. The van der Waals surface area contributed by atoms with E-state index < -0.39 is 0 Å². The van der Waals surface area contributed by atoms with Crippen LogP contribution >= 0.6 is 0 Å². The third-order valence-electron chi connectivity index (χ3n) is 4.41. The van der Waals surface area contributed by atoms with Gasteiger partial charge in [0.15, 0.2) is 0 Å². The molecule has 2 heterocycles. The molecule has 0 radical (unpaired) electrons. The number of urea groups is 1. The molecule has 136 valence electrons. The van der Waals surface area contributed by atoms with Crippen LogP contribution in [0, 0.1) is 0 Å². The van der Waals surface area contributed by atoms with Gasteiger partial charge in [-0.25, -0.2) is 9.80 Å². The van der Waals surface area contributed by atoms with E-state index in [0.29, 0.717) is 26.1 Å². The molecule has 1 aliphatic heterocycles. The molecule has 3 rings (SSSR count). The van der Waals surface area contributed by atoms with Crippen LogP contribution in [0.2, 0.25) is 0 Å². The number of hydrazine groups is 1. The molecule has 0 bridgehead atoms. The van der Waals surface area contributed by atoms with Crippen LogP contribution in [0.15, 0.2) is 48.8 Å². The van der Waals surface area contributed by atoms with Crippen molar-refractivity contribution in [1.29, 1.82) is 0 Å². The van der Waals surface area contributed by atoms with Crippen LogP contribution in [-0.2, 0) is 11.3 Å². The van der Waals surface area contributed by atoms with Crippen LogP contribution in [0.25, 0.3) is 11.1 Å². The Kier molecular flexibility index (Phi) is 5.84. The standard InChI is InChI=1S/C20H24N4O2/c1-2-3-9-19(25)22-24-12-11-23(20(24)26)15-16-6-4-7-17(13-16)18-8-5-10-21-14-18/h4-8,10,13-14H,2-3,9,11-12,15H2,1H3,(H,22,25). The summed E-state index contributed by atoms with van der Waals surface area (Å²) in [5.74, 6) is -0.0966. The number of pyridine rings is 1. The van der Waals surface area contributed by atoms with Gasteiger partial charge in [0.1, 0.15) is 0 Å². The predicted molar refractivity (Wildman–Crippen MR) is 99.9 cm³/mol. The molecule has 0 atom stereocenters. The second-order valence-electron chi connectivity index (χ2n) is 6.44. The maximum atomic E-state index is 12.5. The maximum Gasteiger partial charge on any atom is 0.339 e. The van der Waals surface area contributed by atoms with Crippen LogP contribution in [0.3, 0.4) is 0 Å². The van der Waals surface area contributed by atoms with Crippen LogP contribution < -0.4 is 5.43 Å². The maximum absolute atomic E-state index is 12.5. The lowest BCUT2D eigenvalue weighted by atomic mass is 10.0. The van der Waals surface area contributed by atoms with Crippen molar-refractivity contribution >= 4 is 11.9 Å². The number of unbranched alkanes of at least 4 members (excludes halogenated alkanes) is 1. The molecule has 1 aromatic heterocycles. The van der Waals surface area contributed by atoms with Gasteiger partial charge in [-0.05, 0) is 35.2 Å². The lowest BCUT2D eigenvalue weighted by Crippen LogP contribution is -2.44. The highest BCUT2D eigenvalue weighted by Gasteiger charge is 2.29. The first-order valence-electron chi connectivity index (χ1n) is 9.02. The van der Waals surface area contributed by atoms with Crippen LogP contribution in [-0.4, -0.2) is 39.9 Å². The van der Waals surface area contributed by atoms with Crippen molar-refractivity contribution in [2.45, 2.75) is 32.7 Å². The first kappa shape index (κ1) is 17.9. The number of aromatic nitrogens is 1. The molecular formula is C20H24N4O2. The summed E-state index contributed by atoms with van der Waals surface area (Å²) in [5.41, 5.74) is 5.89. The Morgan fingerprint density at radius 2 is 2.04 bits per heavy atom. The zero-order chi connectivity index (χ0) is 18.4. The number of nitrogens with zero attached hydrogens (tertiary/aromatic N) is 3. The van der Waals surface area contributed by atoms with Crippen molar-refractivity contribution in [3.8, 4) is 11.1 Å². The van der Waals surface area contributed by atoms with Gasteiger partial charge in [0.25, 0.3) is 0 Å². The van der Waals surface area contributed by atoms with E-state index >= 15 is 0 Å². The fourth-order valence-electron chi connectivity index (χ4n) is 2.98. The highest BCUT2D eigenvalue weighted by Crippen LogP contribution is 2.21. The normalized spacial score (nSPS) is 14.0. The number of carbonyl (C=O) groups is 2. The largest absolute Gasteiger partial charge is 0.339 e. The fourth-order valence-corrected chi connectivity index (χ4v) is 2.98. The number of nitrogens with one attached hydrogen (secondary N) is 1. The lowest BCUT2D eigenvalue weighted by Gasteiger charge is -2.19. The van der Waals surface area contributed by atoms with Gasteiger partial charge in [-0.1, -0.05) is 37.6 Å². The van der Waals surface area contributed by atoms with E-state index in [1.165, 1.54) is 5.01 Å². The summed E-state index contributed by atoms with van der Waals surface area (Å²) >= 11 is 0. The molecule has 1 N–H and O–H groups in total. The van der Waals surface area contributed by atoms with E-state index in [9.17, 15) is 9.59 Å². The van der Waals surface area contributed by atoms with Crippen molar-refractivity contribution in [1.82, 2.24) is 20.3 Å². The number of hydrogen-bond donors (Lipinski definition) is 1. The molecule has 26 heavy (non-hydrogen) atoms. The molecule has 0 saturated carbocycles. The summed E-state index contributed by atoms with van der Waals surface area (Å²) in [6.07, 6.45) is 5.82. The summed E-state index contributed by atoms with van der Waals surface area (Å²) < 4.78 is 0. The molecule has 0 unspecified atom stereocenters. The zero-order valence-corrected chi connectivity index (χ0v) is 15.0. The van der Waals surface area contributed by atoms with Gasteiger partial charge in [0, 0.05) is 31.9 Å². The third kappa shape index (κ3) is 4.39. The minimum absolute atomic E-state index is 0.0966. The van der Waals surface area contributed by atoms with Gasteiger partial charge in [0.05, 0.1) is 6.54 Å². The molecule has 0 spiro atoms. The second kappa shape index (κ2) is 8.47. The van der Waals surface area contributed by atoms with Crippen molar-refractivity contribution in [2.24, 2.45) is 0 Å². The summed E-state index contributed by atoms with van der Waals surface area (Å²) in [6, 6.07) is 11.9. The van der Waals surface area contributed by atoms with Crippen molar-refractivity contribution in [3.63, 3.8) is 0 Å². The van der Waals surface area contributed by atoms with Crippen LogP contribution in [0.4, 0.5) is 4.79 Å². The Hall–Kier alpha value is -2.89. The Labute approximate surface area is 153 Å². The van der Waals surface area contributed by atoms with E-state index in [4.69, 9.17) is 0 Å². The van der Waals surface area contributed by atoms with Crippen molar-refractivity contribution < 1.29 is 9.59 Å². The molecule has 6 nitrogen and oxygen atoms in total. The molecule has 6 heteroatoms. The minimum atomic E-state index is -0.151. The number of benzene rings is 1. The van der Waals surface area contributed by atoms with Crippen LogP contribution in [0.5, 0.6) is 0 Å². The highest BCUT2D eigenvalue weighted by molar-refractivity contribution is 5.82. The van der Waals surface area contributed by atoms with E-state index in [0.717, 1.165) is 29.5 Å². The SMILES string of the molecule is CCCCC(=O)NN1CCN(Cc2cccc(-c3cccnc3)c2)C1=O. The number of hydrogen-bond acceptors (Lipinski definition) is 3. The second-order valence-corrected chi connectivity index (χ2v) is 6.44. The van der Waals surface area contributed by atoms with E-state index in [1.54, 1.807) is 11.1 Å². The minimum Gasteiger partial charge on any atom is -0.317 e. The van der Waals surface area contributed by atoms with Gasteiger partial charge in [0.2, 0.25) is 5.91 Å². The topological polar surface area (TPSA) is 65.5 Å². The van der Waals surface area contributed by atoms with Gasteiger partial charge >= 0.3 is 6.03 Å². The summed E-state index contributed by atoms with van der Waals surface area (Å²) in [4.78, 5) is 30.2. The van der Waals surface area contributed by atoms with Crippen molar-refractivity contribution in [2.75, 3.05) is 13.1 Å². The quantitative estimate of drug-likeness (QED) is 0.832. The van der Waals surface area contributed by atoms with E-state index in [-0.39, 0.29) is 11.9 Å². The Morgan fingerprint density at radius 3 is 2.81 bits per heavy atom. The summed E-state index contributed by atoms with van der Waals surface area (Å²) in [7, 11) is 0. The Bertz CT molecular complexity index is 763. The lowest BCUT2D eigenvalue weighted by molar-refractivity contribution is -0.124. The molecule has 1 fully saturated rings. The van der Waals surface area contributed by atoms with E-state index in [2.05, 4.69) is 16.5 Å². The Balaban J connectivity index is 1.61. The molecule has 3 amide bonds. The molecule has 1 aromatic carbocycles. The first-order chi connectivity index (χ1) is 12.7. The summed E-state index contributed by atoms with van der Waals surface area (Å²) in [5, 5.41) is 1.42. The zero-order valence-electron chi connectivity index (χ0n) is 15.0. The predicted octanol–water partition coefficient (Wildman–Crippen LogP) is 3.21. The molecular weight excluding hydrogens is 328 g/mol. The summed E-state index contributed by atoms with van der Waals surface area (Å²) in [6.45, 7) is 3.67. The van der Waals surface area contributed by atoms with Gasteiger partial charge in [-0.3, -0.25) is 15.2 Å². The first-order valence-corrected chi connectivity index (χ1v) is 9.02. The van der Waals surface area contributed by atoms with Crippen molar-refractivity contribution in [3.05, 3.63) is 54.4 Å². The molecule has 0 aliphatic carbocycles. The number of rotatable bonds is 7. The number of carbonyl (C=O) groups excluding carboxylic acids is 2. The third-order valence-corrected chi connectivity index (χ3v) is 4.41. The highest BCUT2D eigenvalue weighted by atomic mass is 16.2. The fraction of sp³-hybridized carbons (Fsp3) is 0.350. The smallest absolute Gasteiger partial charge is 0.317 e. The van der Waals surface area contributed by atoms with Gasteiger partial charge in [-0.2, -0.15) is 0 Å². The monoisotopic (exact) mass is 352 g/mol. The van der Waals surface area contributed by atoms with Crippen LogP contribution in [0.1, 0.15) is 31.7 Å².